The molecule has 1 rings (SSSR count). The molecule has 20 heavy (non-hydrogen) atoms. The maximum Gasteiger partial charge on any atom is 0.335 e. The third kappa shape index (κ3) is 4.68. The summed E-state index contributed by atoms with van der Waals surface area (Å²) in [5.74, 6) is -0.422. The fourth-order valence-electron chi connectivity index (χ4n) is 2.19. The molecule has 0 radical (unpaired) electrons. The van der Waals surface area contributed by atoms with E-state index in [0.717, 1.165) is 6.54 Å². The zero-order valence-corrected chi connectivity index (χ0v) is 12.4. The lowest BCUT2D eigenvalue weighted by atomic mass is 10.0. The van der Waals surface area contributed by atoms with Gasteiger partial charge < -0.3 is 10.0 Å². The standard InChI is InChI=1S/C16H23NO3/c1-4-17(11-12(2)3)15(18)10-9-13-7-5-6-8-14(13)16(19)20/h5-8,12H,4,9-11H2,1-3H3,(H,19,20). The van der Waals surface area contributed by atoms with Gasteiger partial charge in [0, 0.05) is 19.5 Å². The number of carbonyl (C=O) groups is 2. The van der Waals surface area contributed by atoms with E-state index in [-0.39, 0.29) is 11.5 Å². The van der Waals surface area contributed by atoms with Crippen molar-refractivity contribution in [1.29, 1.82) is 0 Å². The van der Waals surface area contributed by atoms with Crippen LogP contribution in [0.4, 0.5) is 0 Å². The fourth-order valence-corrected chi connectivity index (χ4v) is 2.19. The predicted octanol–water partition coefficient (Wildman–Crippen LogP) is 2.82. The van der Waals surface area contributed by atoms with E-state index in [2.05, 4.69) is 13.8 Å². The van der Waals surface area contributed by atoms with Gasteiger partial charge in [-0.2, -0.15) is 0 Å². The monoisotopic (exact) mass is 277 g/mol. The van der Waals surface area contributed by atoms with E-state index < -0.39 is 5.97 Å². The number of rotatable bonds is 7. The summed E-state index contributed by atoms with van der Waals surface area (Å²) >= 11 is 0. The van der Waals surface area contributed by atoms with Gasteiger partial charge in [0.1, 0.15) is 0 Å². The number of nitrogens with zero attached hydrogens (tertiary/aromatic N) is 1. The van der Waals surface area contributed by atoms with Crippen molar-refractivity contribution in [3.05, 3.63) is 35.4 Å². The van der Waals surface area contributed by atoms with E-state index in [4.69, 9.17) is 5.11 Å². The summed E-state index contributed by atoms with van der Waals surface area (Å²) < 4.78 is 0. The second kappa shape index (κ2) is 7.68. The Labute approximate surface area is 120 Å². The van der Waals surface area contributed by atoms with Gasteiger partial charge in [0.15, 0.2) is 0 Å². The smallest absolute Gasteiger partial charge is 0.335 e. The van der Waals surface area contributed by atoms with Crippen LogP contribution >= 0.6 is 0 Å². The normalized spacial score (nSPS) is 10.6. The molecule has 4 heteroatoms. The van der Waals surface area contributed by atoms with Gasteiger partial charge in [0.2, 0.25) is 5.91 Å². The van der Waals surface area contributed by atoms with Crippen molar-refractivity contribution in [3.8, 4) is 0 Å². The van der Waals surface area contributed by atoms with E-state index in [0.29, 0.717) is 30.9 Å². The number of hydrogen-bond acceptors (Lipinski definition) is 2. The van der Waals surface area contributed by atoms with Crippen molar-refractivity contribution in [2.75, 3.05) is 13.1 Å². The molecular formula is C16H23NO3. The van der Waals surface area contributed by atoms with Crippen LogP contribution in [0.1, 0.15) is 43.1 Å². The van der Waals surface area contributed by atoms with Crippen LogP contribution in [0.15, 0.2) is 24.3 Å². The summed E-state index contributed by atoms with van der Waals surface area (Å²) in [6.45, 7) is 7.56. The largest absolute Gasteiger partial charge is 0.478 e. The van der Waals surface area contributed by atoms with Gasteiger partial charge in [0.05, 0.1) is 5.56 Å². The molecule has 1 N–H and O–H groups in total. The Morgan fingerprint density at radius 2 is 1.90 bits per heavy atom. The Morgan fingerprint density at radius 3 is 2.45 bits per heavy atom. The number of aromatic carboxylic acids is 1. The van der Waals surface area contributed by atoms with Crippen LogP contribution in [-0.4, -0.2) is 35.0 Å². The molecule has 110 valence electrons. The van der Waals surface area contributed by atoms with Crippen LogP contribution in [0, 0.1) is 5.92 Å². The maximum atomic E-state index is 12.1. The topological polar surface area (TPSA) is 57.6 Å². The van der Waals surface area contributed by atoms with Crippen LogP contribution in [0.5, 0.6) is 0 Å². The third-order valence-electron chi connectivity index (χ3n) is 3.18. The molecule has 0 aliphatic heterocycles. The van der Waals surface area contributed by atoms with E-state index in [9.17, 15) is 9.59 Å². The number of carboxylic acids is 1. The number of hydrogen-bond donors (Lipinski definition) is 1. The van der Waals surface area contributed by atoms with E-state index >= 15 is 0 Å². The van der Waals surface area contributed by atoms with Gasteiger partial charge in [0.25, 0.3) is 0 Å². The maximum absolute atomic E-state index is 12.1. The predicted molar refractivity (Wildman–Crippen MR) is 78.8 cm³/mol. The van der Waals surface area contributed by atoms with Gasteiger partial charge >= 0.3 is 5.97 Å². The number of carboxylic acid groups (broad SMARTS) is 1. The number of amides is 1. The lowest BCUT2D eigenvalue weighted by molar-refractivity contribution is -0.131. The Kier molecular flexibility index (Phi) is 6.22. The van der Waals surface area contributed by atoms with E-state index in [1.54, 1.807) is 24.3 Å². The molecule has 1 aromatic rings. The van der Waals surface area contributed by atoms with Crippen LogP contribution in [0.2, 0.25) is 0 Å². The van der Waals surface area contributed by atoms with Crippen molar-refractivity contribution in [1.82, 2.24) is 4.90 Å². The Balaban J connectivity index is 2.67. The van der Waals surface area contributed by atoms with Crippen LogP contribution < -0.4 is 0 Å². The molecule has 0 aliphatic carbocycles. The van der Waals surface area contributed by atoms with Gasteiger partial charge in [-0.05, 0) is 30.9 Å². The molecule has 4 nitrogen and oxygen atoms in total. The van der Waals surface area contributed by atoms with E-state index in [1.807, 2.05) is 11.8 Å². The average Bonchev–Trinajstić information content (AvgIpc) is 2.42. The highest BCUT2D eigenvalue weighted by Crippen LogP contribution is 2.12. The molecule has 0 atom stereocenters. The van der Waals surface area contributed by atoms with Crippen molar-refractivity contribution in [2.24, 2.45) is 5.92 Å². The second-order valence-corrected chi connectivity index (χ2v) is 5.29. The molecule has 0 aliphatic rings. The number of carbonyl (C=O) groups excluding carboxylic acids is 1. The van der Waals surface area contributed by atoms with Crippen LogP contribution in [0.25, 0.3) is 0 Å². The second-order valence-electron chi connectivity index (χ2n) is 5.29. The zero-order chi connectivity index (χ0) is 15.1. The van der Waals surface area contributed by atoms with Gasteiger partial charge in [-0.15, -0.1) is 0 Å². The van der Waals surface area contributed by atoms with Crippen molar-refractivity contribution in [2.45, 2.75) is 33.6 Å². The summed E-state index contributed by atoms with van der Waals surface area (Å²) in [5.41, 5.74) is 1.00. The summed E-state index contributed by atoms with van der Waals surface area (Å²) in [7, 11) is 0. The summed E-state index contributed by atoms with van der Waals surface area (Å²) in [6, 6.07) is 6.85. The lowest BCUT2D eigenvalue weighted by Gasteiger charge is -2.23. The SMILES string of the molecule is CCN(CC(C)C)C(=O)CCc1ccccc1C(=O)O. The molecule has 1 aromatic carbocycles. The highest BCUT2D eigenvalue weighted by Gasteiger charge is 2.15. The van der Waals surface area contributed by atoms with E-state index in [1.165, 1.54) is 0 Å². The highest BCUT2D eigenvalue weighted by molar-refractivity contribution is 5.89. The molecule has 0 saturated heterocycles. The van der Waals surface area contributed by atoms with Crippen molar-refractivity contribution in [3.63, 3.8) is 0 Å². The molecule has 0 aromatic heterocycles. The molecule has 0 fully saturated rings. The first kappa shape index (κ1) is 16.2. The first-order valence-corrected chi connectivity index (χ1v) is 7.04. The molecule has 1 amide bonds. The van der Waals surface area contributed by atoms with Gasteiger partial charge in [-0.1, -0.05) is 32.0 Å². The molecule has 0 bridgehead atoms. The Bertz CT molecular complexity index is 469. The summed E-state index contributed by atoms with van der Waals surface area (Å²) in [6.07, 6.45) is 0.820. The molecular weight excluding hydrogens is 254 g/mol. The molecule has 0 saturated carbocycles. The lowest BCUT2D eigenvalue weighted by Crippen LogP contribution is -2.34. The van der Waals surface area contributed by atoms with Crippen molar-refractivity contribution < 1.29 is 14.7 Å². The first-order chi connectivity index (χ1) is 9.45. The number of aryl methyl sites for hydroxylation is 1. The highest BCUT2D eigenvalue weighted by atomic mass is 16.4. The Hall–Kier alpha value is -1.84. The summed E-state index contributed by atoms with van der Waals surface area (Å²) in [4.78, 5) is 25.1. The number of benzene rings is 1. The molecule has 0 spiro atoms. The first-order valence-electron chi connectivity index (χ1n) is 7.04. The third-order valence-corrected chi connectivity index (χ3v) is 3.18. The minimum absolute atomic E-state index is 0.0846. The quantitative estimate of drug-likeness (QED) is 0.833. The molecule has 0 unspecified atom stereocenters. The fraction of sp³-hybridized carbons (Fsp3) is 0.500. The minimum Gasteiger partial charge on any atom is -0.478 e. The minimum atomic E-state index is -0.942. The van der Waals surface area contributed by atoms with Crippen molar-refractivity contribution >= 4 is 11.9 Å². The zero-order valence-electron chi connectivity index (χ0n) is 12.4. The van der Waals surface area contributed by atoms with Crippen LogP contribution in [-0.2, 0) is 11.2 Å². The van der Waals surface area contributed by atoms with Gasteiger partial charge in [-0.25, -0.2) is 4.79 Å². The average molecular weight is 277 g/mol. The van der Waals surface area contributed by atoms with Crippen LogP contribution in [0.3, 0.4) is 0 Å². The summed E-state index contributed by atoms with van der Waals surface area (Å²) in [5, 5.41) is 9.11. The molecule has 0 heterocycles. The Morgan fingerprint density at radius 1 is 1.25 bits per heavy atom. The van der Waals surface area contributed by atoms with Gasteiger partial charge in [-0.3, -0.25) is 4.79 Å².